The second-order valence-corrected chi connectivity index (χ2v) is 12.5. The first-order chi connectivity index (χ1) is 24.3. The summed E-state index contributed by atoms with van der Waals surface area (Å²) in [5, 5.41) is 9.29. The number of hydrogen-bond acceptors (Lipinski definition) is 3. The summed E-state index contributed by atoms with van der Waals surface area (Å²) < 4.78 is 2.18. The fraction of sp³-hybridized carbons (Fsp3) is 0. The van der Waals surface area contributed by atoms with E-state index < -0.39 is 0 Å². The fourth-order valence-electron chi connectivity index (χ4n) is 7.35. The van der Waals surface area contributed by atoms with E-state index in [0.29, 0.717) is 17.6 Å². The Hall–Kier alpha value is -6.65. The van der Waals surface area contributed by atoms with Gasteiger partial charge < -0.3 is 0 Å². The van der Waals surface area contributed by atoms with Crippen molar-refractivity contribution >= 4 is 54.1 Å². The molecule has 228 valence electrons. The predicted molar refractivity (Wildman–Crippen MR) is 203 cm³/mol. The summed E-state index contributed by atoms with van der Waals surface area (Å²) in [4.78, 5) is 15.9. The second-order valence-electron chi connectivity index (χ2n) is 12.5. The highest BCUT2D eigenvalue weighted by Crippen LogP contribution is 2.39. The van der Waals surface area contributed by atoms with Crippen LogP contribution in [0.15, 0.2) is 170 Å². The quantitative estimate of drug-likeness (QED) is 0.145. The molecule has 8 aromatic carbocycles. The number of aromatic nitrogens is 4. The third-order valence-electron chi connectivity index (χ3n) is 9.65. The van der Waals surface area contributed by atoms with Crippen molar-refractivity contribution in [2.75, 3.05) is 0 Å². The molecule has 0 unspecified atom stereocenters. The van der Waals surface area contributed by atoms with Gasteiger partial charge >= 0.3 is 0 Å². The summed E-state index contributed by atoms with van der Waals surface area (Å²) in [6, 6.07) is 59.8. The van der Waals surface area contributed by atoms with Crippen LogP contribution in [0.1, 0.15) is 0 Å². The van der Waals surface area contributed by atoms with Crippen molar-refractivity contribution < 1.29 is 0 Å². The molecule has 0 N–H and O–H groups in total. The molecule has 4 nitrogen and oxygen atoms in total. The lowest BCUT2D eigenvalue weighted by Crippen LogP contribution is -2.07. The summed E-state index contributed by atoms with van der Waals surface area (Å²) in [5.74, 6) is 1.86. The van der Waals surface area contributed by atoms with Gasteiger partial charge in [0.1, 0.15) is 0 Å². The molecule has 49 heavy (non-hydrogen) atoms. The van der Waals surface area contributed by atoms with E-state index in [1.165, 1.54) is 21.7 Å². The zero-order valence-electron chi connectivity index (χ0n) is 26.5. The van der Waals surface area contributed by atoms with Gasteiger partial charge in [0.25, 0.3) is 0 Å². The van der Waals surface area contributed by atoms with Crippen molar-refractivity contribution in [2.45, 2.75) is 0 Å². The van der Waals surface area contributed by atoms with E-state index in [0.717, 1.165) is 54.7 Å². The maximum absolute atomic E-state index is 5.36. The molecule has 0 spiro atoms. The topological polar surface area (TPSA) is 43.6 Å². The van der Waals surface area contributed by atoms with Crippen molar-refractivity contribution in [3.63, 3.8) is 0 Å². The fourth-order valence-corrected chi connectivity index (χ4v) is 7.35. The van der Waals surface area contributed by atoms with Crippen LogP contribution < -0.4 is 0 Å². The Morgan fingerprint density at radius 2 is 0.878 bits per heavy atom. The van der Waals surface area contributed by atoms with Gasteiger partial charge in [-0.2, -0.15) is 9.97 Å². The first-order valence-electron chi connectivity index (χ1n) is 16.5. The first-order valence-corrected chi connectivity index (χ1v) is 16.5. The van der Waals surface area contributed by atoms with Gasteiger partial charge in [-0.3, -0.25) is 4.57 Å². The van der Waals surface area contributed by atoms with Crippen LogP contribution in [-0.2, 0) is 0 Å². The van der Waals surface area contributed by atoms with Gasteiger partial charge in [0, 0.05) is 21.9 Å². The second kappa shape index (κ2) is 11.0. The zero-order chi connectivity index (χ0) is 32.3. The molecule has 2 heterocycles. The van der Waals surface area contributed by atoms with Gasteiger partial charge in [-0.25, -0.2) is 4.98 Å². The first kappa shape index (κ1) is 27.5. The normalized spacial score (nSPS) is 11.7. The summed E-state index contributed by atoms with van der Waals surface area (Å²) in [7, 11) is 0. The van der Waals surface area contributed by atoms with Crippen LogP contribution >= 0.6 is 0 Å². The van der Waals surface area contributed by atoms with Gasteiger partial charge in [0.2, 0.25) is 5.95 Å². The van der Waals surface area contributed by atoms with E-state index in [2.05, 4.69) is 168 Å². The number of benzene rings is 8. The third kappa shape index (κ3) is 4.42. The molecule has 0 amide bonds. The monoisotopic (exact) mass is 624 g/mol. The van der Waals surface area contributed by atoms with Crippen LogP contribution in [-0.4, -0.2) is 19.5 Å². The number of nitrogens with zero attached hydrogens (tertiary/aromatic N) is 4. The Bertz CT molecular complexity index is 2820. The Morgan fingerprint density at radius 3 is 1.61 bits per heavy atom. The molecular formula is C45H28N4. The molecule has 10 aromatic rings. The van der Waals surface area contributed by atoms with Gasteiger partial charge in [0.15, 0.2) is 11.6 Å². The summed E-state index contributed by atoms with van der Waals surface area (Å²) in [6.07, 6.45) is 0. The lowest BCUT2D eigenvalue weighted by Gasteiger charge is -2.15. The van der Waals surface area contributed by atoms with E-state index in [-0.39, 0.29) is 0 Å². The molecule has 4 heteroatoms. The van der Waals surface area contributed by atoms with Crippen LogP contribution in [0, 0.1) is 0 Å². The van der Waals surface area contributed by atoms with Crippen LogP contribution in [0.4, 0.5) is 0 Å². The molecule has 0 aliphatic carbocycles. The van der Waals surface area contributed by atoms with Crippen LogP contribution in [0.5, 0.6) is 0 Å². The molecule has 0 fully saturated rings. The van der Waals surface area contributed by atoms with Gasteiger partial charge in [-0.15, -0.1) is 0 Å². The molecular weight excluding hydrogens is 597 g/mol. The number of fused-ring (bicyclic) bond motifs is 7. The van der Waals surface area contributed by atoms with Crippen molar-refractivity contribution in [3.05, 3.63) is 170 Å². The molecule has 0 aliphatic heterocycles. The average Bonchev–Trinajstić information content (AvgIpc) is 3.51. The lowest BCUT2D eigenvalue weighted by molar-refractivity contribution is 0.955. The zero-order valence-corrected chi connectivity index (χ0v) is 26.5. The van der Waals surface area contributed by atoms with Crippen LogP contribution in [0.2, 0.25) is 0 Å². The van der Waals surface area contributed by atoms with Gasteiger partial charge in [-0.1, -0.05) is 152 Å². The minimum absolute atomic E-state index is 0.589. The van der Waals surface area contributed by atoms with Crippen molar-refractivity contribution in [1.82, 2.24) is 19.5 Å². The molecule has 0 bridgehead atoms. The SMILES string of the molecule is c1ccc(-c2ccc(-c3nc(-c4c5ccccc5cc5c4ccc4ccccc45)nc(-n4c5ccccc5c5ccccc54)n3)cc2)cc1. The van der Waals surface area contributed by atoms with Crippen molar-refractivity contribution in [1.29, 1.82) is 0 Å². The number of hydrogen-bond donors (Lipinski definition) is 0. The van der Waals surface area contributed by atoms with Crippen LogP contribution in [0.25, 0.3) is 94.0 Å². The van der Waals surface area contributed by atoms with E-state index in [4.69, 9.17) is 15.0 Å². The largest absolute Gasteiger partial charge is 0.278 e. The molecule has 10 rings (SSSR count). The van der Waals surface area contributed by atoms with E-state index >= 15 is 0 Å². The van der Waals surface area contributed by atoms with E-state index in [9.17, 15) is 0 Å². The Morgan fingerprint density at radius 1 is 0.327 bits per heavy atom. The Kier molecular flexibility index (Phi) is 6.15. The van der Waals surface area contributed by atoms with Crippen molar-refractivity contribution in [2.24, 2.45) is 0 Å². The molecule has 0 saturated carbocycles. The van der Waals surface area contributed by atoms with Crippen molar-refractivity contribution in [3.8, 4) is 39.9 Å². The summed E-state index contributed by atoms with van der Waals surface area (Å²) in [5.41, 5.74) is 6.37. The third-order valence-corrected chi connectivity index (χ3v) is 9.65. The minimum Gasteiger partial charge on any atom is -0.278 e. The molecule has 0 aliphatic rings. The number of para-hydroxylation sites is 2. The highest BCUT2D eigenvalue weighted by atomic mass is 15.2. The highest BCUT2D eigenvalue weighted by Gasteiger charge is 2.20. The van der Waals surface area contributed by atoms with Gasteiger partial charge in [-0.05, 0) is 61.6 Å². The maximum Gasteiger partial charge on any atom is 0.238 e. The predicted octanol–water partition coefficient (Wildman–Crippen LogP) is 11.4. The molecule has 0 atom stereocenters. The molecule has 0 saturated heterocycles. The summed E-state index contributed by atoms with van der Waals surface area (Å²) >= 11 is 0. The molecule has 2 aromatic heterocycles. The molecule has 0 radical (unpaired) electrons. The average molecular weight is 625 g/mol. The maximum atomic E-state index is 5.36. The van der Waals surface area contributed by atoms with E-state index in [1.807, 2.05) is 6.07 Å². The standard InChI is InChI=1S/C45H28N4/c1-2-12-29(13-3-1)30-22-24-32(25-23-30)43-46-44(48-45(47-43)49-40-20-10-8-18-36(40)37-19-9-11-21-41(37)49)42-35-17-7-5-15-33(35)28-39-34-16-6-4-14-31(34)26-27-38(39)42/h1-28H. The lowest BCUT2D eigenvalue weighted by atomic mass is 9.93. The highest BCUT2D eigenvalue weighted by molar-refractivity contribution is 6.19. The van der Waals surface area contributed by atoms with Gasteiger partial charge in [0.05, 0.1) is 11.0 Å². The van der Waals surface area contributed by atoms with E-state index in [1.54, 1.807) is 0 Å². The minimum atomic E-state index is 0.589. The van der Waals surface area contributed by atoms with Crippen LogP contribution in [0.3, 0.4) is 0 Å². The summed E-state index contributed by atoms with van der Waals surface area (Å²) in [6.45, 7) is 0. The Balaban J connectivity index is 1.30. The smallest absolute Gasteiger partial charge is 0.238 e. The Labute approximate surface area is 282 Å². The number of rotatable bonds is 4.